The number of H-pyrrole nitrogens is 1. The Morgan fingerprint density at radius 1 is 1.47 bits per heavy atom. The normalized spacial score (nSPS) is 10.2. The number of nitrogens with zero attached hydrogens (tertiary/aromatic N) is 2. The van der Waals surface area contributed by atoms with E-state index in [0.717, 1.165) is 11.5 Å². The van der Waals surface area contributed by atoms with E-state index in [1.807, 2.05) is 6.92 Å². The predicted molar refractivity (Wildman–Crippen MR) is 69.2 cm³/mol. The first kappa shape index (κ1) is 13.1. The number of methoxy groups -OCH3 is 1. The van der Waals surface area contributed by atoms with E-state index in [4.69, 9.17) is 10.00 Å². The maximum Gasteiger partial charge on any atom is 0.165 e. The Labute approximate surface area is 110 Å². The SMILES string of the molecule is COc1ccc(-c2nc(CCC#N)[nH]c2C)cc1F. The molecule has 2 rings (SSSR count). The number of rotatable bonds is 4. The number of hydrogen-bond acceptors (Lipinski definition) is 3. The highest BCUT2D eigenvalue weighted by atomic mass is 19.1. The van der Waals surface area contributed by atoms with Crippen LogP contribution in [-0.2, 0) is 6.42 Å². The van der Waals surface area contributed by atoms with Crippen molar-refractivity contribution < 1.29 is 9.13 Å². The molecule has 1 aromatic heterocycles. The van der Waals surface area contributed by atoms with Gasteiger partial charge in [0.1, 0.15) is 5.82 Å². The van der Waals surface area contributed by atoms with Gasteiger partial charge in [-0.25, -0.2) is 9.37 Å². The van der Waals surface area contributed by atoms with Crippen LogP contribution < -0.4 is 4.74 Å². The molecule has 4 nitrogen and oxygen atoms in total. The highest BCUT2D eigenvalue weighted by Gasteiger charge is 2.11. The van der Waals surface area contributed by atoms with Gasteiger partial charge in [0.2, 0.25) is 0 Å². The molecule has 0 aliphatic rings. The van der Waals surface area contributed by atoms with Crippen LogP contribution in [0, 0.1) is 24.1 Å². The zero-order chi connectivity index (χ0) is 13.8. The second kappa shape index (κ2) is 5.53. The van der Waals surface area contributed by atoms with Crippen molar-refractivity contribution in [2.24, 2.45) is 0 Å². The number of aromatic amines is 1. The second-order valence-electron chi connectivity index (χ2n) is 4.16. The third-order valence-electron chi connectivity index (χ3n) is 2.83. The fraction of sp³-hybridized carbons (Fsp3) is 0.286. The van der Waals surface area contributed by atoms with Gasteiger partial charge in [0, 0.05) is 24.1 Å². The molecule has 1 N–H and O–H groups in total. The van der Waals surface area contributed by atoms with Crippen molar-refractivity contribution in [2.75, 3.05) is 7.11 Å². The Hall–Kier alpha value is -2.35. The van der Waals surface area contributed by atoms with Crippen LogP contribution in [0.1, 0.15) is 17.9 Å². The van der Waals surface area contributed by atoms with E-state index in [9.17, 15) is 4.39 Å². The van der Waals surface area contributed by atoms with E-state index in [1.54, 1.807) is 12.1 Å². The van der Waals surface area contributed by atoms with Gasteiger partial charge in [-0.1, -0.05) is 0 Å². The molecule has 0 fully saturated rings. The second-order valence-corrected chi connectivity index (χ2v) is 4.16. The summed E-state index contributed by atoms with van der Waals surface area (Å²) in [5, 5.41) is 8.56. The maximum atomic E-state index is 13.7. The fourth-order valence-electron chi connectivity index (χ4n) is 1.91. The number of aromatic nitrogens is 2. The first-order valence-corrected chi connectivity index (χ1v) is 5.92. The van der Waals surface area contributed by atoms with Gasteiger partial charge in [-0.05, 0) is 25.1 Å². The molecule has 0 unspecified atom stereocenters. The van der Waals surface area contributed by atoms with E-state index < -0.39 is 5.82 Å². The Bertz CT molecular complexity index is 628. The minimum atomic E-state index is -0.416. The zero-order valence-corrected chi connectivity index (χ0v) is 10.8. The lowest BCUT2D eigenvalue weighted by Gasteiger charge is -2.03. The topological polar surface area (TPSA) is 61.7 Å². The van der Waals surface area contributed by atoms with Gasteiger partial charge < -0.3 is 9.72 Å². The summed E-state index contributed by atoms with van der Waals surface area (Å²) in [5.74, 6) is 0.535. The van der Waals surface area contributed by atoms with Crippen molar-refractivity contribution in [3.05, 3.63) is 35.5 Å². The molecule has 0 saturated carbocycles. The van der Waals surface area contributed by atoms with Gasteiger partial charge in [0.15, 0.2) is 11.6 Å². The lowest BCUT2D eigenvalue weighted by atomic mass is 10.1. The van der Waals surface area contributed by atoms with Crippen LogP contribution in [0.5, 0.6) is 5.75 Å². The van der Waals surface area contributed by atoms with Gasteiger partial charge in [-0.2, -0.15) is 5.26 Å². The summed E-state index contributed by atoms with van der Waals surface area (Å²) >= 11 is 0. The smallest absolute Gasteiger partial charge is 0.165 e. The maximum absolute atomic E-state index is 13.7. The minimum Gasteiger partial charge on any atom is -0.494 e. The lowest BCUT2D eigenvalue weighted by Crippen LogP contribution is -1.90. The molecule has 0 atom stereocenters. The van der Waals surface area contributed by atoms with Crippen molar-refractivity contribution in [1.29, 1.82) is 5.26 Å². The molecular weight excluding hydrogens is 245 g/mol. The molecule has 0 aliphatic heterocycles. The number of benzene rings is 1. The minimum absolute atomic E-state index is 0.210. The quantitative estimate of drug-likeness (QED) is 0.918. The molecule has 98 valence electrons. The summed E-state index contributed by atoms with van der Waals surface area (Å²) in [5.41, 5.74) is 2.25. The predicted octanol–water partition coefficient (Wildman–Crippen LogP) is 2.99. The molecule has 0 amide bonds. The third-order valence-corrected chi connectivity index (χ3v) is 2.83. The van der Waals surface area contributed by atoms with Gasteiger partial charge in [-0.15, -0.1) is 0 Å². The monoisotopic (exact) mass is 259 g/mol. The number of halogens is 1. The molecule has 0 aliphatic carbocycles. The Kier molecular flexibility index (Phi) is 3.81. The van der Waals surface area contributed by atoms with E-state index in [1.165, 1.54) is 13.2 Å². The zero-order valence-electron chi connectivity index (χ0n) is 10.8. The van der Waals surface area contributed by atoms with Crippen molar-refractivity contribution in [3.63, 3.8) is 0 Å². The van der Waals surface area contributed by atoms with Gasteiger partial charge in [0.25, 0.3) is 0 Å². The van der Waals surface area contributed by atoms with Crippen molar-refractivity contribution in [3.8, 4) is 23.1 Å². The molecule has 2 aromatic rings. The largest absolute Gasteiger partial charge is 0.494 e. The Balaban J connectivity index is 2.34. The summed E-state index contributed by atoms with van der Waals surface area (Å²) in [6.07, 6.45) is 0.972. The standard InChI is InChI=1S/C14H14FN3O/c1-9-14(18-13(17-9)4-3-7-16)10-5-6-12(19-2)11(15)8-10/h5-6,8H,3-4H2,1-2H3,(H,17,18). The summed E-state index contributed by atoms with van der Waals surface area (Å²) < 4.78 is 18.6. The van der Waals surface area contributed by atoms with Gasteiger partial charge in [-0.3, -0.25) is 0 Å². The van der Waals surface area contributed by atoms with Crippen LogP contribution >= 0.6 is 0 Å². The van der Waals surface area contributed by atoms with Crippen LogP contribution in [-0.4, -0.2) is 17.1 Å². The highest BCUT2D eigenvalue weighted by Crippen LogP contribution is 2.26. The van der Waals surface area contributed by atoms with Gasteiger partial charge >= 0.3 is 0 Å². The molecule has 0 bridgehead atoms. The molecule has 1 heterocycles. The molecule has 19 heavy (non-hydrogen) atoms. The number of aryl methyl sites for hydroxylation is 2. The molecule has 0 saturated heterocycles. The van der Waals surface area contributed by atoms with Crippen molar-refractivity contribution >= 4 is 0 Å². The Morgan fingerprint density at radius 3 is 2.89 bits per heavy atom. The van der Waals surface area contributed by atoms with E-state index in [0.29, 0.717) is 24.1 Å². The number of imidazole rings is 1. The average molecular weight is 259 g/mol. The van der Waals surface area contributed by atoms with E-state index in [2.05, 4.69) is 16.0 Å². The molecule has 1 aromatic carbocycles. The third kappa shape index (κ3) is 2.74. The Morgan fingerprint density at radius 2 is 2.26 bits per heavy atom. The lowest BCUT2D eigenvalue weighted by molar-refractivity contribution is 0.386. The van der Waals surface area contributed by atoms with Crippen molar-refractivity contribution in [2.45, 2.75) is 19.8 Å². The molecule has 5 heteroatoms. The first-order chi connectivity index (χ1) is 9.15. The van der Waals surface area contributed by atoms with Gasteiger partial charge in [0.05, 0.1) is 18.9 Å². The van der Waals surface area contributed by atoms with Crippen LogP contribution in [0.25, 0.3) is 11.3 Å². The van der Waals surface area contributed by atoms with Crippen LogP contribution in [0.3, 0.4) is 0 Å². The van der Waals surface area contributed by atoms with E-state index >= 15 is 0 Å². The number of nitrogens with one attached hydrogen (secondary N) is 1. The van der Waals surface area contributed by atoms with Crippen LogP contribution in [0.4, 0.5) is 4.39 Å². The highest BCUT2D eigenvalue weighted by molar-refractivity contribution is 5.63. The summed E-state index contributed by atoms with van der Waals surface area (Å²) in [7, 11) is 1.43. The van der Waals surface area contributed by atoms with Crippen molar-refractivity contribution in [1.82, 2.24) is 9.97 Å². The number of ether oxygens (including phenoxy) is 1. The fourth-order valence-corrected chi connectivity index (χ4v) is 1.91. The summed E-state index contributed by atoms with van der Waals surface area (Å²) in [6.45, 7) is 1.88. The first-order valence-electron chi connectivity index (χ1n) is 5.92. The van der Waals surface area contributed by atoms with Crippen LogP contribution in [0.15, 0.2) is 18.2 Å². The molecular formula is C14H14FN3O. The number of hydrogen-bond donors (Lipinski definition) is 1. The summed E-state index contributed by atoms with van der Waals surface area (Å²) in [6, 6.07) is 6.81. The van der Waals surface area contributed by atoms with E-state index in [-0.39, 0.29) is 5.75 Å². The molecule has 0 spiro atoms. The van der Waals surface area contributed by atoms with Crippen LogP contribution in [0.2, 0.25) is 0 Å². The average Bonchev–Trinajstić information content (AvgIpc) is 2.77. The summed E-state index contributed by atoms with van der Waals surface area (Å²) in [4.78, 5) is 7.51. The number of nitriles is 1. The molecule has 0 radical (unpaired) electrons.